The van der Waals surface area contributed by atoms with E-state index in [-0.39, 0.29) is 23.2 Å². The summed E-state index contributed by atoms with van der Waals surface area (Å²) in [6, 6.07) is 11.8. The van der Waals surface area contributed by atoms with Gasteiger partial charge in [-0.3, -0.25) is 14.9 Å². The molecule has 8 heteroatoms. The Hall–Kier alpha value is -3.13. The third-order valence-corrected chi connectivity index (χ3v) is 5.50. The Labute approximate surface area is 168 Å². The number of fused-ring (bicyclic) bond motifs is 2. The Kier molecular flexibility index (Phi) is 5.35. The highest BCUT2D eigenvalue weighted by molar-refractivity contribution is 5.97. The summed E-state index contributed by atoms with van der Waals surface area (Å²) in [5, 5.41) is 14.8. The molecule has 2 heterocycles. The molecule has 2 aromatic carbocycles. The number of methoxy groups -OCH3 is 1. The van der Waals surface area contributed by atoms with Crippen molar-refractivity contribution in [2.24, 2.45) is 0 Å². The molecule has 0 radical (unpaired) electrons. The van der Waals surface area contributed by atoms with Crippen LogP contribution in [0.5, 0.6) is 17.2 Å². The van der Waals surface area contributed by atoms with Gasteiger partial charge in [0.05, 0.1) is 17.6 Å². The summed E-state index contributed by atoms with van der Waals surface area (Å²) < 4.78 is 11.0. The second-order valence-corrected chi connectivity index (χ2v) is 7.39. The molecule has 0 aromatic heterocycles. The summed E-state index contributed by atoms with van der Waals surface area (Å²) in [5.74, 6) is 1.26. The maximum atomic E-state index is 13.3. The molecule has 2 unspecified atom stereocenters. The van der Waals surface area contributed by atoms with Crippen molar-refractivity contribution in [1.82, 2.24) is 10.2 Å². The highest BCUT2D eigenvalue weighted by Gasteiger charge is 2.32. The molecule has 8 nitrogen and oxygen atoms in total. The van der Waals surface area contributed by atoms with Crippen LogP contribution in [0.3, 0.4) is 0 Å². The van der Waals surface area contributed by atoms with E-state index < -0.39 is 4.92 Å². The Morgan fingerprint density at radius 1 is 1.10 bits per heavy atom. The standard InChI is InChI=1S/C21H23N3O5/c1-28-17-5-7-18(8-6-17)29-20-9-4-16(24(26)27)12-19(20)21(25)23-11-10-14-2-3-15(13-23)22-14/h4-9,12,14-15,22H,2-3,10-11,13H2,1H3. The molecule has 1 amide bonds. The fourth-order valence-electron chi connectivity index (χ4n) is 3.96. The summed E-state index contributed by atoms with van der Waals surface area (Å²) in [5.41, 5.74) is 0.0673. The van der Waals surface area contributed by atoms with Gasteiger partial charge in [0, 0.05) is 37.3 Å². The molecule has 2 aliphatic rings. The number of nitrogens with one attached hydrogen (secondary N) is 1. The molecule has 4 rings (SSSR count). The fourth-order valence-corrected chi connectivity index (χ4v) is 3.96. The van der Waals surface area contributed by atoms with E-state index >= 15 is 0 Å². The number of nitro groups is 1. The van der Waals surface area contributed by atoms with Gasteiger partial charge < -0.3 is 19.7 Å². The highest BCUT2D eigenvalue weighted by atomic mass is 16.6. The average Bonchev–Trinajstić information content (AvgIpc) is 3.06. The minimum Gasteiger partial charge on any atom is -0.497 e. The molecule has 2 atom stereocenters. The van der Waals surface area contributed by atoms with E-state index in [1.807, 2.05) is 0 Å². The Bertz CT molecular complexity index is 915. The van der Waals surface area contributed by atoms with Crippen molar-refractivity contribution in [3.63, 3.8) is 0 Å². The quantitative estimate of drug-likeness (QED) is 0.614. The highest BCUT2D eigenvalue weighted by Crippen LogP contribution is 2.31. The van der Waals surface area contributed by atoms with Crippen molar-refractivity contribution in [2.45, 2.75) is 31.3 Å². The maximum Gasteiger partial charge on any atom is 0.270 e. The molecule has 0 aliphatic carbocycles. The van der Waals surface area contributed by atoms with Crippen molar-refractivity contribution >= 4 is 11.6 Å². The minimum absolute atomic E-state index is 0.134. The maximum absolute atomic E-state index is 13.3. The zero-order chi connectivity index (χ0) is 20.4. The molecule has 2 aromatic rings. The van der Waals surface area contributed by atoms with Crippen LogP contribution in [0.4, 0.5) is 5.69 Å². The normalized spacial score (nSPS) is 20.8. The first-order valence-corrected chi connectivity index (χ1v) is 9.69. The minimum atomic E-state index is -0.500. The number of benzene rings is 2. The van der Waals surface area contributed by atoms with E-state index in [9.17, 15) is 14.9 Å². The first-order chi connectivity index (χ1) is 14.0. The lowest BCUT2D eigenvalue weighted by atomic mass is 10.1. The van der Waals surface area contributed by atoms with Gasteiger partial charge in [0.1, 0.15) is 17.2 Å². The predicted octanol–water partition coefficient (Wildman–Crippen LogP) is 3.36. The van der Waals surface area contributed by atoms with E-state index in [0.717, 1.165) is 19.3 Å². The zero-order valence-corrected chi connectivity index (χ0v) is 16.2. The number of carbonyl (C=O) groups is 1. The molecule has 0 saturated carbocycles. The van der Waals surface area contributed by atoms with Crippen LogP contribution in [0.1, 0.15) is 29.6 Å². The van der Waals surface area contributed by atoms with Crippen LogP contribution in [0.25, 0.3) is 0 Å². The molecule has 2 bridgehead atoms. The van der Waals surface area contributed by atoms with Crippen LogP contribution in [0.2, 0.25) is 0 Å². The number of hydrogen-bond acceptors (Lipinski definition) is 6. The van der Waals surface area contributed by atoms with E-state index in [0.29, 0.717) is 36.4 Å². The predicted molar refractivity (Wildman–Crippen MR) is 107 cm³/mol. The van der Waals surface area contributed by atoms with Gasteiger partial charge in [0.15, 0.2) is 0 Å². The monoisotopic (exact) mass is 397 g/mol. The number of hydrogen-bond donors (Lipinski definition) is 1. The molecule has 0 spiro atoms. The summed E-state index contributed by atoms with van der Waals surface area (Å²) in [7, 11) is 1.58. The van der Waals surface area contributed by atoms with Crippen molar-refractivity contribution in [3.8, 4) is 17.2 Å². The molecule has 29 heavy (non-hydrogen) atoms. The van der Waals surface area contributed by atoms with Crippen molar-refractivity contribution < 1.29 is 19.2 Å². The van der Waals surface area contributed by atoms with Crippen LogP contribution in [0.15, 0.2) is 42.5 Å². The van der Waals surface area contributed by atoms with Gasteiger partial charge in [0.2, 0.25) is 0 Å². The number of non-ortho nitro benzene ring substituents is 1. The topological polar surface area (TPSA) is 93.9 Å². The van der Waals surface area contributed by atoms with Crippen LogP contribution in [0, 0.1) is 10.1 Å². The first-order valence-electron chi connectivity index (χ1n) is 9.69. The molecular weight excluding hydrogens is 374 g/mol. The summed E-state index contributed by atoms with van der Waals surface area (Å²) in [4.78, 5) is 25.8. The Balaban J connectivity index is 1.63. The number of nitro benzene ring substituents is 1. The SMILES string of the molecule is COc1ccc(Oc2ccc([N+](=O)[O-])cc2C(=O)N2CCC3CCC(C2)N3)cc1. The van der Waals surface area contributed by atoms with Gasteiger partial charge in [-0.15, -0.1) is 0 Å². The van der Waals surface area contributed by atoms with E-state index in [1.54, 1.807) is 36.3 Å². The number of amides is 1. The van der Waals surface area contributed by atoms with Crippen LogP contribution < -0.4 is 14.8 Å². The number of ether oxygens (including phenoxy) is 2. The van der Waals surface area contributed by atoms with Gasteiger partial charge in [-0.1, -0.05) is 0 Å². The third-order valence-electron chi connectivity index (χ3n) is 5.50. The van der Waals surface area contributed by atoms with E-state index in [1.165, 1.54) is 18.2 Å². The van der Waals surface area contributed by atoms with Crippen molar-refractivity contribution in [2.75, 3.05) is 20.2 Å². The molecule has 1 N–H and O–H groups in total. The van der Waals surface area contributed by atoms with Crippen molar-refractivity contribution in [3.05, 3.63) is 58.1 Å². The average molecular weight is 397 g/mol. The number of likely N-dealkylation sites (tertiary alicyclic amines) is 1. The molecular formula is C21H23N3O5. The number of nitrogens with zero attached hydrogens (tertiary/aromatic N) is 2. The van der Waals surface area contributed by atoms with Gasteiger partial charge in [-0.05, 0) is 49.6 Å². The Morgan fingerprint density at radius 3 is 2.55 bits per heavy atom. The summed E-state index contributed by atoms with van der Waals surface area (Å²) in [6.07, 6.45) is 3.06. The zero-order valence-electron chi connectivity index (χ0n) is 16.2. The summed E-state index contributed by atoms with van der Waals surface area (Å²) in [6.45, 7) is 1.22. The smallest absolute Gasteiger partial charge is 0.270 e. The van der Waals surface area contributed by atoms with Crippen LogP contribution in [-0.4, -0.2) is 48.0 Å². The van der Waals surface area contributed by atoms with E-state index in [4.69, 9.17) is 9.47 Å². The van der Waals surface area contributed by atoms with Crippen LogP contribution >= 0.6 is 0 Å². The van der Waals surface area contributed by atoms with Gasteiger partial charge in [0.25, 0.3) is 11.6 Å². The molecule has 152 valence electrons. The lowest BCUT2D eigenvalue weighted by Gasteiger charge is -2.25. The number of carbonyl (C=O) groups excluding carboxylic acids is 1. The lowest BCUT2D eigenvalue weighted by molar-refractivity contribution is -0.384. The summed E-state index contributed by atoms with van der Waals surface area (Å²) >= 11 is 0. The first kappa shape index (κ1) is 19.2. The van der Waals surface area contributed by atoms with Crippen molar-refractivity contribution in [1.29, 1.82) is 0 Å². The van der Waals surface area contributed by atoms with Gasteiger partial charge >= 0.3 is 0 Å². The lowest BCUT2D eigenvalue weighted by Crippen LogP contribution is -2.39. The molecule has 2 aliphatic heterocycles. The second kappa shape index (κ2) is 8.08. The number of rotatable bonds is 5. The van der Waals surface area contributed by atoms with E-state index in [2.05, 4.69) is 5.32 Å². The second-order valence-electron chi connectivity index (χ2n) is 7.39. The molecule has 2 saturated heterocycles. The largest absolute Gasteiger partial charge is 0.497 e. The fraction of sp³-hybridized carbons (Fsp3) is 0.381. The molecule has 2 fully saturated rings. The van der Waals surface area contributed by atoms with Gasteiger partial charge in [-0.2, -0.15) is 0 Å². The third kappa shape index (κ3) is 4.17. The van der Waals surface area contributed by atoms with Gasteiger partial charge in [-0.25, -0.2) is 0 Å². The Morgan fingerprint density at radius 2 is 1.83 bits per heavy atom. The van der Waals surface area contributed by atoms with Crippen LogP contribution in [-0.2, 0) is 0 Å².